The molecule has 0 saturated carbocycles. The smallest absolute Gasteiger partial charge is 0.265 e. The maximum absolute atomic E-state index is 11.0. The van der Waals surface area contributed by atoms with Gasteiger partial charge in [0, 0.05) is 11.8 Å². The highest BCUT2D eigenvalue weighted by molar-refractivity contribution is 6.38. The summed E-state index contributed by atoms with van der Waals surface area (Å²) >= 11 is 5.67. The number of rotatable bonds is 2. The van der Waals surface area contributed by atoms with Crippen molar-refractivity contribution in [2.24, 2.45) is 0 Å². The molecule has 1 aromatic rings. The standard InChI is InChI=1S/C9H8ClNO/c1-2-9(12)11(10)8-6-4-3-5-7-8/h2-7H,1H2. The summed E-state index contributed by atoms with van der Waals surface area (Å²) in [6.45, 7) is 3.33. The molecule has 0 atom stereocenters. The van der Waals surface area contributed by atoms with Gasteiger partial charge in [-0.3, -0.25) is 4.79 Å². The predicted octanol–water partition coefficient (Wildman–Crippen LogP) is 2.36. The van der Waals surface area contributed by atoms with E-state index in [2.05, 4.69) is 6.58 Å². The van der Waals surface area contributed by atoms with Gasteiger partial charge in [-0.2, -0.15) is 0 Å². The van der Waals surface area contributed by atoms with Crippen molar-refractivity contribution in [1.29, 1.82) is 0 Å². The molecule has 0 aliphatic heterocycles. The molecule has 12 heavy (non-hydrogen) atoms. The normalized spacial score (nSPS) is 9.08. The number of nitrogens with zero attached hydrogens (tertiary/aromatic N) is 1. The topological polar surface area (TPSA) is 20.3 Å². The molecule has 1 rings (SSSR count). The van der Waals surface area contributed by atoms with Crippen LogP contribution in [0.2, 0.25) is 0 Å². The zero-order chi connectivity index (χ0) is 8.97. The number of para-hydroxylation sites is 1. The van der Waals surface area contributed by atoms with Crippen LogP contribution in [-0.2, 0) is 4.79 Å². The summed E-state index contributed by atoms with van der Waals surface area (Å²) in [6.07, 6.45) is 1.17. The largest absolute Gasteiger partial charge is 0.268 e. The van der Waals surface area contributed by atoms with Gasteiger partial charge < -0.3 is 0 Å². The first-order chi connectivity index (χ1) is 5.75. The molecule has 1 amide bonds. The Balaban J connectivity index is 2.85. The average Bonchev–Trinajstić information content (AvgIpc) is 2.17. The molecule has 0 unspecified atom stereocenters. The molecule has 1 aromatic carbocycles. The van der Waals surface area contributed by atoms with Crippen molar-refractivity contribution in [3.05, 3.63) is 43.0 Å². The van der Waals surface area contributed by atoms with Crippen LogP contribution in [0.1, 0.15) is 0 Å². The van der Waals surface area contributed by atoms with E-state index in [0.29, 0.717) is 5.69 Å². The van der Waals surface area contributed by atoms with Crippen molar-refractivity contribution in [3.8, 4) is 0 Å². The third-order valence-electron chi connectivity index (χ3n) is 1.35. The fourth-order valence-corrected chi connectivity index (χ4v) is 0.948. The van der Waals surface area contributed by atoms with Gasteiger partial charge in [-0.05, 0) is 18.2 Å². The van der Waals surface area contributed by atoms with Gasteiger partial charge in [-0.15, -0.1) is 0 Å². The van der Waals surface area contributed by atoms with Gasteiger partial charge in [0.25, 0.3) is 5.91 Å². The molecule has 2 nitrogen and oxygen atoms in total. The fraction of sp³-hybridized carbons (Fsp3) is 0. The monoisotopic (exact) mass is 181 g/mol. The minimum Gasteiger partial charge on any atom is -0.268 e. The highest BCUT2D eigenvalue weighted by Gasteiger charge is 2.07. The Morgan fingerprint density at radius 2 is 2.00 bits per heavy atom. The SMILES string of the molecule is C=CC(=O)N(Cl)c1ccccc1. The number of hydrogen-bond donors (Lipinski definition) is 0. The summed E-state index contributed by atoms with van der Waals surface area (Å²) < 4.78 is 1.02. The number of hydrogen-bond acceptors (Lipinski definition) is 1. The molecule has 0 aromatic heterocycles. The van der Waals surface area contributed by atoms with Crippen LogP contribution in [-0.4, -0.2) is 5.91 Å². The number of amides is 1. The molecule has 62 valence electrons. The van der Waals surface area contributed by atoms with Crippen molar-refractivity contribution < 1.29 is 4.79 Å². The molecule has 0 fully saturated rings. The summed E-state index contributed by atoms with van der Waals surface area (Å²) in [6, 6.07) is 8.96. The van der Waals surface area contributed by atoms with Crippen molar-refractivity contribution >= 4 is 23.4 Å². The molecule has 0 N–H and O–H groups in total. The Kier molecular flexibility index (Phi) is 2.88. The van der Waals surface area contributed by atoms with Crippen LogP contribution in [0.25, 0.3) is 0 Å². The van der Waals surface area contributed by atoms with Crippen molar-refractivity contribution in [2.75, 3.05) is 4.42 Å². The first-order valence-electron chi connectivity index (χ1n) is 3.43. The summed E-state index contributed by atoms with van der Waals surface area (Å²) in [5.41, 5.74) is 0.643. The molecule has 0 bridgehead atoms. The van der Waals surface area contributed by atoms with E-state index in [1.54, 1.807) is 24.3 Å². The Morgan fingerprint density at radius 3 is 2.50 bits per heavy atom. The van der Waals surface area contributed by atoms with Crippen molar-refractivity contribution in [3.63, 3.8) is 0 Å². The second-order valence-electron chi connectivity index (χ2n) is 2.16. The Morgan fingerprint density at radius 1 is 1.42 bits per heavy atom. The van der Waals surface area contributed by atoms with E-state index < -0.39 is 0 Å². The lowest BCUT2D eigenvalue weighted by Crippen LogP contribution is -2.17. The third-order valence-corrected chi connectivity index (χ3v) is 1.71. The summed E-state index contributed by atoms with van der Waals surface area (Å²) in [5, 5.41) is 0. The molecule has 0 aliphatic carbocycles. The van der Waals surface area contributed by atoms with Crippen LogP contribution in [0.4, 0.5) is 5.69 Å². The Labute approximate surface area is 76.2 Å². The summed E-state index contributed by atoms with van der Waals surface area (Å²) in [4.78, 5) is 11.0. The highest BCUT2D eigenvalue weighted by Crippen LogP contribution is 2.15. The van der Waals surface area contributed by atoms with E-state index in [1.807, 2.05) is 6.07 Å². The van der Waals surface area contributed by atoms with Crippen LogP contribution in [0.15, 0.2) is 43.0 Å². The molecule has 3 heteroatoms. The van der Waals surface area contributed by atoms with Crippen LogP contribution < -0.4 is 4.42 Å². The number of benzene rings is 1. The minimum absolute atomic E-state index is 0.331. The fourth-order valence-electron chi connectivity index (χ4n) is 0.766. The van der Waals surface area contributed by atoms with E-state index in [0.717, 1.165) is 4.42 Å². The van der Waals surface area contributed by atoms with Gasteiger partial charge in [0.1, 0.15) is 0 Å². The summed E-state index contributed by atoms with van der Waals surface area (Å²) in [5.74, 6) is -0.331. The van der Waals surface area contributed by atoms with Gasteiger partial charge >= 0.3 is 0 Å². The van der Waals surface area contributed by atoms with Gasteiger partial charge in [0.05, 0.1) is 5.69 Å². The van der Waals surface area contributed by atoms with Crippen LogP contribution in [0.3, 0.4) is 0 Å². The van der Waals surface area contributed by atoms with Crippen LogP contribution in [0, 0.1) is 0 Å². The lowest BCUT2D eigenvalue weighted by atomic mass is 10.3. The molecule has 0 heterocycles. The molecule has 0 spiro atoms. The Hall–Kier alpha value is -1.28. The zero-order valence-corrected chi connectivity index (χ0v) is 7.16. The predicted molar refractivity (Wildman–Crippen MR) is 50.0 cm³/mol. The van der Waals surface area contributed by atoms with Crippen LogP contribution in [0.5, 0.6) is 0 Å². The minimum atomic E-state index is -0.331. The maximum Gasteiger partial charge on any atom is 0.265 e. The highest BCUT2D eigenvalue weighted by atomic mass is 35.5. The molecule has 0 radical (unpaired) electrons. The first-order valence-corrected chi connectivity index (χ1v) is 3.77. The molecule has 0 saturated heterocycles. The van der Waals surface area contributed by atoms with E-state index in [9.17, 15) is 4.79 Å². The second-order valence-corrected chi connectivity index (χ2v) is 2.50. The van der Waals surface area contributed by atoms with E-state index in [-0.39, 0.29) is 5.91 Å². The number of anilines is 1. The Bertz CT molecular complexity index is 284. The quantitative estimate of drug-likeness (QED) is 0.507. The zero-order valence-electron chi connectivity index (χ0n) is 6.40. The number of carbonyl (C=O) groups is 1. The van der Waals surface area contributed by atoms with E-state index >= 15 is 0 Å². The van der Waals surface area contributed by atoms with Crippen LogP contribution >= 0.6 is 11.8 Å². The van der Waals surface area contributed by atoms with Crippen molar-refractivity contribution in [1.82, 2.24) is 0 Å². The van der Waals surface area contributed by atoms with Gasteiger partial charge in [0.15, 0.2) is 0 Å². The van der Waals surface area contributed by atoms with E-state index in [1.165, 1.54) is 6.08 Å². The van der Waals surface area contributed by atoms with Crippen molar-refractivity contribution in [2.45, 2.75) is 0 Å². The average molecular weight is 182 g/mol. The molecule has 0 aliphatic rings. The van der Waals surface area contributed by atoms with Gasteiger partial charge in [-0.1, -0.05) is 24.8 Å². The first kappa shape index (κ1) is 8.81. The number of halogens is 1. The van der Waals surface area contributed by atoms with Gasteiger partial charge in [-0.25, -0.2) is 4.42 Å². The second kappa shape index (κ2) is 3.93. The van der Waals surface area contributed by atoms with E-state index in [4.69, 9.17) is 11.8 Å². The molecular formula is C9H8ClNO. The lowest BCUT2D eigenvalue weighted by Gasteiger charge is -2.10. The third kappa shape index (κ3) is 1.86. The maximum atomic E-state index is 11.0. The summed E-state index contributed by atoms with van der Waals surface area (Å²) in [7, 11) is 0. The lowest BCUT2D eigenvalue weighted by molar-refractivity contribution is -0.113. The number of carbonyl (C=O) groups excluding carboxylic acids is 1. The molecular weight excluding hydrogens is 174 g/mol. The van der Waals surface area contributed by atoms with Gasteiger partial charge in [0.2, 0.25) is 0 Å².